The predicted molar refractivity (Wildman–Crippen MR) is 57.1 cm³/mol. The topological polar surface area (TPSA) is 53.6 Å². The highest BCUT2D eigenvalue weighted by molar-refractivity contribution is 6.30. The second kappa shape index (κ2) is 3.69. The molecule has 5 heteroatoms. The van der Waals surface area contributed by atoms with Gasteiger partial charge in [-0.3, -0.25) is 0 Å². The van der Waals surface area contributed by atoms with Gasteiger partial charge in [0.1, 0.15) is 0 Å². The van der Waals surface area contributed by atoms with Crippen molar-refractivity contribution in [1.29, 1.82) is 0 Å². The molecule has 1 aromatic rings. The maximum atomic E-state index is 5.78. The van der Waals surface area contributed by atoms with Gasteiger partial charge in [0.25, 0.3) is 0 Å². The van der Waals surface area contributed by atoms with Crippen LogP contribution in [0.5, 0.6) is 0 Å². The normalized spacial score (nSPS) is 15.0. The van der Waals surface area contributed by atoms with Crippen molar-refractivity contribution in [2.24, 2.45) is 10.9 Å². The number of nitrogens with two attached hydrogens (primary N) is 1. The molecule has 1 aromatic carbocycles. The molecule has 2 rings (SSSR count). The fourth-order valence-corrected chi connectivity index (χ4v) is 1.32. The zero-order valence-corrected chi connectivity index (χ0v) is 8.07. The number of benzene rings is 1. The zero-order valence-electron chi connectivity index (χ0n) is 7.31. The summed E-state index contributed by atoms with van der Waals surface area (Å²) in [5, 5.41) is 5.83. The molecular weight excluding hydrogens is 200 g/mol. The number of hydrazone groups is 1. The van der Waals surface area contributed by atoms with Crippen LogP contribution in [-0.2, 0) is 0 Å². The minimum absolute atomic E-state index is 0.704. The number of nitrogens with zero attached hydrogens (tertiary/aromatic N) is 2. The summed E-state index contributed by atoms with van der Waals surface area (Å²) in [6.45, 7) is 0. The standard InChI is InChI=1S/C9H9ClN4/c10-8-3-1-7(2-4-8)9-5-6-12-13-14(9)11/h1-6,13H,11H2. The van der Waals surface area contributed by atoms with Gasteiger partial charge in [0.2, 0.25) is 0 Å². The third kappa shape index (κ3) is 1.71. The first kappa shape index (κ1) is 9.05. The molecular formula is C9H9ClN4. The van der Waals surface area contributed by atoms with Gasteiger partial charge < -0.3 is 0 Å². The van der Waals surface area contributed by atoms with E-state index in [4.69, 9.17) is 17.4 Å². The Labute approximate surface area is 86.6 Å². The molecule has 0 saturated carbocycles. The molecule has 1 aliphatic heterocycles. The average molecular weight is 209 g/mol. The van der Waals surface area contributed by atoms with E-state index in [1.807, 2.05) is 30.3 Å². The Kier molecular flexibility index (Phi) is 2.39. The Hall–Kier alpha value is -1.52. The van der Waals surface area contributed by atoms with Crippen LogP contribution in [0.1, 0.15) is 5.56 Å². The highest BCUT2D eigenvalue weighted by atomic mass is 35.5. The highest BCUT2D eigenvalue weighted by Crippen LogP contribution is 2.18. The summed E-state index contributed by atoms with van der Waals surface area (Å²) in [6, 6.07) is 7.43. The van der Waals surface area contributed by atoms with Crippen molar-refractivity contribution < 1.29 is 0 Å². The summed E-state index contributed by atoms with van der Waals surface area (Å²) in [5.74, 6) is 5.66. The minimum atomic E-state index is 0.704. The van der Waals surface area contributed by atoms with Crippen LogP contribution in [-0.4, -0.2) is 11.3 Å². The molecule has 1 aliphatic rings. The Morgan fingerprint density at radius 3 is 2.64 bits per heavy atom. The smallest absolute Gasteiger partial charge is 0.0858 e. The SMILES string of the molecule is NN1NN=CC=C1c1ccc(Cl)cc1. The molecule has 4 nitrogen and oxygen atoms in total. The number of rotatable bonds is 1. The van der Waals surface area contributed by atoms with E-state index in [1.54, 1.807) is 6.21 Å². The Morgan fingerprint density at radius 2 is 2.00 bits per heavy atom. The molecule has 1 heterocycles. The summed E-state index contributed by atoms with van der Waals surface area (Å²) >= 11 is 5.78. The first-order valence-corrected chi connectivity index (χ1v) is 4.45. The van der Waals surface area contributed by atoms with E-state index in [1.165, 1.54) is 5.12 Å². The first-order valence-electron chi connectivity index (χ1n) is 4.07. The van der Waals surface area contributed by atoms with Gasteiger partial charge in [0.15, 0.2) is 0 Å². The van der Waals surface area contributed by atoms with E-state index >= 15 is 0 Å². The van der Waals surface area contributed by atoms with E-state index in [-0.39, 0.29) is 0 Å². The second-order valence-corrected chi connectivity index (χ2v) is 3.24. The molecule has 0 radical (unpaired) electrons. The maximum absolute atomic E-state index is 5.78. The van der Waals surface area contributed by atoms with Crippen LogP contribution < -0.4 is 11.4 Å². The Bertz CT molecular complexity index is 382. The average Bonchev–Trinajstić information content (AvgIpc) is 2.20. The highest BCUT2D eigenvalue weighted by Gasteiger charge is 2.08. The van der Waals surface area contributed by atoms with Gasteiger partial charge in [-0.05, 0) is 18.2 Å². The molecule has 0 fully saturated rings. The number of hydrogen-bond acceptors (Lipinski definition) is 4. The lowest BCUT2D eigenvalue weighted by molar-refractivity contribution is 0.304. The first-order chi connectivity index (χ1) is 6.77. The van der Waals surface area contributed by atoms with Crippen molar-refractivity contribution in [3.05, 3.63) is 40.9 Å². The van der Waals surface area contributed by atoms with Gasteiger partial charge in [-0.2, -0.15) is 5.10 Å². The van der Waals surface area contributed by atoms with Crippen LogP contribution in [0.15, 0.2) is 35.4 Å². The number of halogens is 1. The van der Waals surface area contributed by atoms with E-state index in [9.17, 15) is 0 Å². The van der Waals surface area contributed by atoms with Crippen LogP contribution in [0.25, 0.3) is 5.70 Å². The van der Waals surface area contributed by atoms with Crippen molar-refractivity contribution in [3.63, 3.8) is 0 Å². The van der Waals surface area contributed by atoms with Gasteiger partial charge in [-0.25, -0.2) is 16.5 Å². The molecule has 0 aromatic heterocycles. The van der Waals surface area contributed by atoms with Crippen LogP contribution in [0.3, 0.4) is 0 Å². The molecule has 72 valence electrons. The minimum Gasteiger partial charge on any atom is -0.227 e. The van der Waals surface area contributed by atoms with Crippen molar-refractivity contribution in [1.82, 2.24) is 10.7 Å². The van der Waals surface area contributed by atoms with Crippen molar-refractivity contribution >= 4 is 23.5 Å². The van der Waals surface area contributed by atoms with Crippen LogP contribution in [0.4, 0.5) is 0 Å². The van der Waals surface area contributed by atoms with Gasteiger partial charge in [0.05, 0.1) is 11.9 Å². The van der Waals surface area contributed by atoms with E-state index in [0.29, 0.717) is 5.02 Å². The molecule has 0 amide bonds. The van der Waals surface area contributed by atoms with Crippen molar-refractivity contribution in [3.8, 4) is 0 Å². The molecule has 0 spiro atoms. The third-order valence-electron chi connectivity index (χ3n) is 1.87. The fraction of sp³-hybridized carbons (Fsp3) is 0. The summed E-state index contributed by atoms with van der Waals surface area (Å²) < 4.78 is 0. The lowest BCUT2D eigenvalue weighted by Gasteiger charge is -2.22. The number of hydrazine groups is 2. The summed E-state index contributed by atoms with van der Waals surface area (Å²) in [7, 11) is 0. The Balaban J connectivity index is 2.34. The van der Waals surface area contributed by atoms with Gasteiger partial charge in [-0.1, -0.05) is 23.7 Å². The van der Waals surface area contributed by atoms with Crippen molar-refractivity contribution in [2.75, 3.05) is 0 Å². The summed E-state index contributed by atoms with van der Waals surface area (Å²) in [5.41, 5.74) is 4.45. The largest absolute Gasteiger partial charge is 0.227 e. The predicted octanol–water partition coefficient (Wildman–Crippen LogP) is 1.36. The van der Waals surface area contributed by atoms with E-state index < -0.39 is 0 Å². The van der Waals surface area contributed by atoms with Crippen molar-refractivity contribution in [2.45, 2.75) is 0 Å². The van der Waals surface area contributed by atoms with Crippen LogP contribution in [0.2, 0.25) is 5.02 Å². The maximum Gasteiger partial charge on any atom is 0.0858 e. The summed E-state index contributed by atoms with van der Waals surface area (Å²) in [4.78, 5) is 0. The fourth-order valence-electron chi connectivity index (χ4n) is 1.19. The number of nitrogens with one attached hydrogen (secondary N) is 1. The van der Waals surface area contributed by atoms with Gasteiger partial charge >= 0.3 is 0 Å². The summed E-state index contributed by atoms with van der Waals surface area (Å²) in [6.07, 6.45) is 3.47. The molecule has 14 heavy (non-hydrogen) atoms. The van der Waals surface area contributed by atoms with Crippen LogP contribution >= 0.6 is 11.6 Å². The molecule has 0 unspecified atom stereocenters. The molecule has 0 saturated heterocycles. The number of allylic oxidation sites excluding steroid dienone is 1. The second-order valence-electron chi connectivity index (χ2n) is 2.81. The molecule has 0 atom stereocenters. The van der Waals surface area contributed by atoms with Gasteiger partial charge in [-0.15, -0.1) is 0 Å². The Morgan fingerprint density at radius 1 is 1.29 bits per heavy atom. The quantitative estimate of drug-likeness (QED) is 0.686. The number of hydrogen-bond donors (Lipinski definition) is 2. The van der Waals surface area contributed by atoms with E-state index in [2.05, 4.69) is 10.6 Å². The third-order valence-corrected chi connectivity index (χ3v) is 2.12. The lowest BCUT2D eigenvalue weighted by atomic mass is 10.1. The molecule has 3 N–H and O–H groups in total. The zero-order chi connectivity index (χ0) is 9.97. The molecule has 0 bridgehead atoms. The monoisotopic (exact) mass is 208 g/mol. The van der Waals surface area contributed by atoms with E-state index in [0.717, 1.165) is 11.3 Å². The van der Waals surface area contributed by atoms with Gasteiger partial charge in [0, 0.05) is 10.6 Å². The lowest BCUT2D eigenvalue weighted by Crippen LogP contribution is -2.40. The van der Waals surface area contributed by atoms with Crippen LogP contribution in [0, 0.1) is 0 Å². The molecule has 0 aliphatic carbocycles.